The summed E-state index contributed by atoms with van der Waals surface area (Å²) in [4.78, 5) is 21.9. The standard InChI is InChI=1S/C19H13Cl2F2N3O2/c20-16-7-14(23)2-1-12(16)9-28-10-19(27)26(15-5-3-13(22)4-6-15)18-8-17(21)24-11-25-18/h1-8,11H,9-10H2. The minimum absolute atomic E-state index is 0.00659. The fraction of sp³-hybridized carbons (Fsp3) is 0.105. The van der Waals surface area contributed by atoms with Crippen LogP contribution in [0.15, 0.2) is 54.9 Å². The molecule has 0 aliphatic rings. The molecular formula is C19H13Cl2F2N3O2. The second kappa shape index (κ2) is 9.05. The minimum Gasteiger partial charge on any atom is -0.367 e. The molecule has 5 nitrogen and oxygen atoms in total. The van der Waals surface area contributed by atoms with Crippen LogP contribution < -0.4 is 4.90 Å². The van der Waals surface area contributed by atoms with E-state index in [1.165, 1.54) is 53.7 Å². The number of aromatic nitrogens is 2. The highest BCUT2D eigenvalue weighted by Crippen LogP contribution is 2.25. The highest BCUT2D eigenvalue weighted by atomic mass is 35.5. The predicted molar refractivity (Wildman–Crippen MR) is 102 cm³/mol. The second-order valence-corrected chi connectivity index (χ2v) is 6.43. The number of carbonyl (C=O) groups excluding carboxylic acids is 1. The number of hydrogen-bond acceptors (Lipinski definition) is 4. The zero-order valence-electron chi connectivity index (χ0n) is 14.3. The van der Waals surface area contributed by atoms with E-state index in [9.17, 15) is 13.6 Å². The van der Waals surface area contributed by atoms with Crippen molar-refractivity contribution in [2.75, 3.05) is 11.5 Å². The average molecular weight is 424 g/mol. The zero-order chi connectivity index (χ0) is 20.1. The number of halogens is 4. The number of nitrogens with zero attached hydrogens (tertiary/aromatic N) is 3. The Morgan fingerprint density at radius 2 is 1.71 bits per heavy atom. The molecule has 0 spiro atoms. The van der Waals surface area contributed by atoms with Crippen LogP contribution in [0.25, 0.3) is 0 Å². The molecule has 28 heavy (non-hydrogen) atoms. The Hall–Kier alpha value is -2.61. The molecule has 0 aliphatic heterocycles. The zero-order valence-corrected chi connectivity index (χ0v) is 15.8. The van der Waals surface area contributed by atoms with Gasteiger partial charge in [0.2, 0.25) is 0 Å². The van der Waals surface area contributed by atoms with E-state index in [0.29, 0.717) is 11.3 Å². The Bertz CT molecular complexity index is 987. The summed E-state index contributed by atoms with van der Waals surface area (Å²) in [6.45, 7) is -0.320. The van der Waals surface area contributed by atoms with Gasteiger partial charge in [0.05, 0.1) is 12.3 Å². The molecule has 0 unspecified atom stereocenters. The Morgan fingerprint density at radius 3 is 2.39 bits per heavy atom. The van der Waals surface area contributed by atoms with Gasteiger partial charge < -0.3 is 4.74 Å². The van der Waals surface area contributed by atoms with Crippen molar-refractivity contribution in [3.05, 3.63) is 82.2 Å². The van der Waals surface area contributed by atoms with Gasteiger partial charge in [-0.3, -0.25) is 9.69 Å². The normalized spacial score (nSPS) is 10.7. The number of ether oxygens (including phenoxy) is 1. The maximum Gasteiger partial charge on any atom is 0.258 e. The van der Waals surface area contributed by atoms with E-state index in [-0.39, 0.29) is 29.2 Å². The maximum absolute atomic E-state index is 13.3. The van der Waals surface area contributed by atoms with Crippen molar-refractivity contribution < 1.29 is 18.3 Å². The topological polar surface area (TPSA) is 55.3 Å². The molecule has 1 amide bonds. The first-order valence-electron chi connectivity index (χ1n) is 8.02. The molecule has 1 aromatic heterocycles. The van der Waals surface area contributed by atoms with Gasteiger partial charge in [-0.2, -0.15) is 0 Å². The van der Waals surface area contributed by atoms with Gasteiger partial charge in [0, 0.05) is 11.1 Å². The van der Waals surface area contributed by atoms with Crippen LogP contribution in [0.4, 0.5) is 20.3 Å². The van der Waals surface area contributed by atoms with Crippen molar-refractivity contribution in [2.24, 2.45) is 0 Å². The number of amides is 1. The minimum atomic E-state index is -0.473. The Kier molecular flexibility index (Phi) is 6.51. The van der Waals surface area contributed by atoms with Crippen LogP contribution in [-0.4, -0.2) is 22.5 Å². The fourth-order valence-corrected chi connectivity index (χ4v) is 2.76. The van der Waals surface area contributed by atoms with Crippen LogP contribution in [0.3, 0.4) is 0 Å². The van der Waals surface area contributed by atoms with Gasteiger partial charge in [-0.25, -0.2) is 18.7 Å². The first-order valence-corrected chi connectivity index (χ1v) is 8.77. The molecule has 0 aliphatic carbocycles. The lowest BCUT2D eigenvalue weighted by Crippen LogP contribution is -2.30. The molecule has 0 saturated heterocycles. The third kappa shape index (κ3) is 5.01. The Labute approximate surface area is 169 Å². The average Bonchev–Trinajstić information content (AvgIpc) is 2.65. The molecule has 1 heterocycles. The summed E-state index contributed by atoms with van der Waals surface area (Å²) in [6, 6.07) is 10.6. The van der Waals surface area contributed by atoms with Gasteiger partial charge in [-0.1, -0.05) is 29.3 Å². The summed E-state index contributed by atoms with van der Waals surface area (Å²) in [5, 5.41) is 0.342. The second-order valence-electron chi connectivity index (χ2n) is 5.63. The van der Waals surface area contributed by atoms with Crippen LogP contribution in [0.1, 0.15) is 5.56 Å². The SMILES string of the molecule is O=C(COCc1ccc(F)cc1Cl)N(c1ccc(F)cc1)c1cc(Cl)ncn1. The van der Waals surface area contributed by atoms with Gasteiger partial charge in [0.15, 0.2) is 0 Å². The van der Waals surface area contributed by atoms with Gasteiger partial charge in [0.25, 0.3) is 5.91 Å². The van der Waals surface area contributed by atoms with Crippen molar-refractivity contribution in [1.82, 2.24) is 9.97 Å². The smallest absolute Gasteiger partial charge is 0.258 e. The van der Waals surface area contributed by atoms with Gasteiger partial charge >= 0.3 is 0 Å². The third-order valence-corrected chi connectivity index (χ3v) is 4.24. The molecule has 3 rings (SSSR count). The predicted octanol–water partition coefficient (Wildman–Crippen LogP) is 4.94. The summed E-state index contributed by atoms with van der Waals surface area (Å²) in [5.41, 5.74) is 0.916. The number of benzene rings is 2. The van der Waals surface area contributed by atoms with Crippen molar-refractivity contribution in [2.45, 2.75) is 6.61 Å². The van der Waals surface area contributed by atoms with Crippen molar-refractivity contribution in [1.29, 1.82) is 0 Å². The molecule has 3 aromatic rings. The van der Waals surface area contributed by atoms with Crippen molar-refractivity contribution in [3.63, 3.8) is 0 Å². The van der Waals surface area contributed by atoms with E-state index >= 15 is 0 Å². The van der Waals surface area contributed by atoms with E-state index in [0.717, 1.165) is 6.07 Å². The monoisotopic (exact) mass is 423 g/mol. The number of hydrogen-bond donors (Lipinski definition) is 0. The van der Waals surface area contributed by atoms with E-state index < -0.39 is 17.5 Å². The quantitative estimate of drug-likeness (QED) is 0.526. The third-order valence-electron chi connectivity index (χ3n) is 3.68. The molecule has 0 bridgehead atoms. The van der Waals surface area contributed by atoms with Gasteiger partial charge in [-0.05, 0) is 42.0 Å². The molecule has 0 atom stereocenters. The lowest BCUT2D eigenvalue weighted by atomic mass is 10.2. The number of rotatable bonds is 6. The van der Waals surface area contributed by atoms with Gasteiger partial charge in [0.1, 0.15) is 35.5 Å². The molecule has 144 valence electrons. The fourth-order valence-electron chi connectivity index (χ4n) is 2.39. The molecule has 9 heteroatoms. The van der Waals surface area contributed by atoms with Crippen molar-refractivity contribution >= 4 is 40.6 Å². The molecule has 2 aromatic carbocycles. The van der Waals surface area contributed by atoms with E-state index in [1.54, 1.807) is 0 Å². The lowest BCUT2D eigenvalue weighted by molar-refractivity contribution is -0.122. The first-order chi connectivity index (χ1) is 13.4. The highest BCUT2D eigenvalue weighted by Gasteiger charge is 2.20. The summed E-state index contributed by atoms with van der Waals surface area (Å²) in [5.74, 6) is -1.17. The summed E-state index contributed by atoms with van der Waals surface area (Å²) in [6.07, 6.45) is 1.21. The summed E-state index contributed by atoms with van der Waals surface area (Å²) >= 11 is 11.8. The molecule has 0 N–H and O–H groups in total. The molecule has 0 fully saturated rings. The van der Waals surface area contributed by atoms with Crippen molar-refractivity contribution in [3.8, 4) is 0 Å². The molecule has 0 saturated carbocycles. The van der Waals surface area contributed by atoms with Gasteiger partial charge in [-0.15, -0.1) is 0 Å². The maximum atomic E-state index is 13.3. The summed E-state index contributed by atoms with van der Waals surface area (Å²) in [7, 11) is 0. The van der Waals surface area contributed by atoms with E-state index in [1.807, 2.05) is 0 Å². The van der Waals surface area contributed by atoms with Crippen LogP contribution >= 0.6 is 23.2 Å². The number of anilines is 2. The van der Waals surface area contributed by atoms with Crippen LogP contribution in [0.2, 0.25) is 10.2 Å². The lowest BCUT2D eigenvalue weighted by Gasteiger charge is -2.22. The van der Waals surface area contributed by atoms with Crippen LogP contribution in [0, 0.1) is 11.6 Å². The number of carbonyl (C=O) groups is 1. The highest BCUT2D eigenvalue weighted by molar-refractivity contribution is 6.31. The van der Waals surface area contributed by atoms with E-state index in [4.69, 9.17) is 27.9 Å². The van der Waals surface area contributed by atoms with Crippen LogP contribution in [-0.2, 0) is 16.1 Å². The molecule has 0 radical (unpaired) electrons. The van der Waals surface area contributed by atoms with E-state index in [2.05, 4.69) is 9.97 Å². The van der Waals surface area contributed by atoms with Crippen LogP contribution in [0.5, 0.6) is 0 Å². The Balaban J connectivity index is 1.77. The largest absolute Gasteiger partial charge is 0.367 e. The summed E-state index contributed by atoms with van der Waals surface area (Å²) < 4.78 is 31.8. The Morgan fingerprint density at radius 1 is 1.00 bits per heavy atom. The molecular weight excluding hydrogens is 411 g/mol. The first kappa shape index (κ1) is 20.1.